The summed E-state index contributed by atoms with van der Waals surface area (Å²) >= 11 is 6.06. The number of halogens is 1. The molecule has 6 heteroatoms. The van der Waals surface area contributed by atoms with Crippen LogP contribution in [0.3, 0.4) is 0 Å². The highest BCUT2D eigenvalue weighted by Crippen LogP contribution is 2.21. The molecule has 2 aromatic carbocycles. The van der Waals surface area contributed by atoms with Crippen LogP contribution in [0, 0.1) is 5.41 Å². The number of methoxy groups -OCH3 is 1. The molecule has 1 aromatic heterocycles. The summed E-state index contributed by atoms with van der Waals surface area (Å²) in [6.07, 6.45) is 1.80. The molecule has 3 aromatic rings. The van der Waals surface area contributed by atoms with Gasteiger partial charge in [-0.25, -0.2) is 0 Å². The van der Waals surface area contributed by atoms with E-state index in [0.717, 1.165) is 11.3 Å². The van der Waals surface area contributed by atoms with Gasteiger partial charge < -0.3 is 13.9 Å². The van der Waals surface area contributed by atoms with Gasteiger partial charge in [-0.1, -0.05) is 35.9 Å². The molecule has 0 atom stereocenters. The fourth-order valence-electron chi connectivity index (χ4n) is 2.68. The molecule has 0 saturated carbocycles. The third-order valence-corrected chi connectivity index (χ3v) is 4.29. The Bertz CT molecular complexity index is 988. The normalized spacial score (nSPS) is 10.7. The quantitative estimate of drug-likeness (QED) is 0.712. The summed E-state index contributed by atoms with van der Waals surface area (Å²) in [6.45, 7) is 0.0837. The fourth-order valence-corrected chi connectivity index (χ4v) is 2.87. The Morgan fingerprint density at radius 1 is 1.20 bits per heavy atom. The van der Waals surface area contributed by atoms with Crippen molar-refractivity contribution < 1.29 is 9.53 Å². The van der Waals surface area contributed by atoms with E-state index >= 15 is 0 Å². The summed E-state index contributed by atoms with van der Waals surface area (Å²) in [5.41, 5.74) is 2.52. The molecule has 0 radical (unpaired) electrons. The molecule has 0 aliphatic rings. The van der Waals surface area contributed by atoms with Gasteiger partial charge in [0.25, 0.3) is 0 Å². The standard InChI is InChI=1S/C19H18ClN3O2/c1-22-17(13-5-3-7-15(20)9-13)11-23(19(22)21)12-18(24)14-6-4-8-16(10-14)25-2/h3-11,21H,12H2,1-2H3. The number of nitrogens with one attached hydrogen (secondary N) is 1. The van der Waals surface area contributed by atoms with Crippen molar-refractivity contribution in [3.8, 4) is 17.0 Å². The number of ether oxygens (including phenoxy) is 1. The van der Waals surface area contributed by atoms with E-state index < -0.39 is 0 Å². The van der Waals surface area contributed by atoms with Gasteiger partial charge in [-0.15, -0.1) is 0 Å². The first kappa shape index (κ1) is 17.0. The minimum absolute atomic E-state index is 0.0827. The maximum absolute atomic E-state index is 12.6. The van der Waals surface area contributed by atoms with E-state index in [9.17, 15) is 4.79 Å². The maximum Gasteiger partial charge on any atom is 0.202 e. The molecule has 3 rings (SSSR count). The first-order valence-corrected chi connectivity index (χ1v) is 8.11. The lowest BCUT2D eigenvalue weighted by molar-refractivity contribution is 0.0970. The number of ketones is 1. The molecule has 0 bridgehead atoms. The first-order valence-electron chi connectivity index (χ1n) is 7.73. The summed E-state index contributed by atoms with van der Waals surface area (Å²) in [4.78, 5) is 12.6. The topological polar surface area (TPSA) is 60.0 Å². The molecular weight excluding hydrogens is 338 g/mol. The molecule has 1 N–H and O–H groups in total. The Hall–Kier alpha value is -2.79. The van der Waals surface area contributed by atoms with E-state index in [0.29, 0.717) is 16.3 Å². The van der Waals surface area contributed by atoms with E-state index in [1.165, 1.54) is 0 Å². The van der Waals surface area contributed by atoms with E-state index in [1.807, 2.05) is 18.2 Å². The average molecular weight is 356 g/mol. The lowest BCUT2D eigenvalue weighted by atomic mass is 10.1. The summed E-state index contributed by atoms with van der Waals surface area (Å²) < 4.78 is 8.51. The largest absolute Gasteiger partial charge is 0.497 e. The predicted molar refractivity (Wildman–Crippen MR) is 97.0 cm³/mol. The lowest BCUT2D eigenvalue weighted by Gasteiger charge is -2.04. The number of benzene rings is 2. The van der Waals surface area contributed by atoms with Gasteiger partial charge in [0.15, 0.2) is 5.78 Å². The molecule has 128 valence electrons. The third kappa shape index (κ3) is 3.51. The second kappa shape index (κ2) is 6.99. The Morgan fingerprint density at radius 2 is 1.96 bits per heavy atom. The highest BCUT2D eigenvalue weighted by Gasteiger charge is 2.13. The van der Waals surface area contributed by atoms with E-state index in [-0.39, 0.29) is 17.9 Å². The number of imidazole rings is 1. The van der Waals surface area contributed by atoms with Crippen molar-refractivity contribution in [2.75, 3.05) is 7.11 Å². The van der Waals surface area contributed by atoms with Gasteiger partial charge in [0, 0.05) is 29.4 Å². The van der Waals surface area contributed by atoms with Gasteiger partial charge in [0.05, 0.1) is 19.3 Å². The molecule has 5 nitrogen and oxygen atoms in total. The lowest BCUT2D eigenvalue weighted by Crippen LogP contribution is -2.25. The van der Waals surface area contributed by atoms with Crippen molar-refractivity contribution in [1.29, 1.82) is 5.41 Å². The van der Waals surface area contributed by atoms with Crippen LogP contribution in [0.5, 0.6) is 5.75 Å². The Morgan fingerprint density at radius 3 is 2.68 bits per heavy atom. The van der Waals surface area contributed by atoms with Crippen molar-refractivity contribution >= 4 is 17.4 Å². The third-order valence-electron chi connectivity index (χ3n) is 4.06. The zero-order valence-electron chi connectivity index (χ0n) is 14.0. The molecule has 0 aliphatic heterocycles. The molecule has 0 aliphatic carbocycles. The smallest absolute Gasteiger partial charge is 0.202 e. The van der Waals surface area contributed by atoms with Crippen molar-refractivity contribution in [1.82, 2.24) is 9.13 Å². The van der Waals surface area contributed by atoms with Gasteiger partial charge in [-0.2, -0.15) is 0 Å². The number of carbonyl (C=O) groups is 1. The number of nitrogens with zero attached hydrogens (tertiary/aromatic N) is 2. The van der Waals surface area contributed by atoms with E-state index in [1.54, 1.807) is 59.8 Å². The molecular formula is C19H18ClN3O2. The monoisotopic (exact) mass is 355 g/mol. The second-order valence-corrected chi connectivity index (χ2v) is 6.13. The van der Waals surface area contributed by atoms with Crippen LogP contribution in [0.4, 0.5) is 0 Å². The highest BCUT2D eigenvalue weighted by atomic mass is 35.5. The Labute approximate surface area is 150 Å². The van der Waals surface area contributed by atoms with Crippen molar-refractivity contribution in [2.24, 2.45) is 7.05 Å². The molecule has 1 heterocycles. The van der Waals surface area contributed by atoms with Crippen LogP contribution in [0.15, 0.2) is 54.7 Å². The number of carbonyl (C=O) groups excluding carboxylic acids is 1. The number of hydrogen-bond acceptors (Lipinski definition) is 3. The van der Waals surface area contributed by atoms with Crippen LogP contribution in [0.2, 0.25) is 5.02 Å². The molecule has 0 saturated heterocycles. The Balaban J connectivity index is 1.92. The van der Waals surface area contributed by atoms with Gasteiger partial charge in [0.2, 0.25) is 5.62 Å². The van der Waals surface area contributed by atoms with Crippen LogP contribution >= 0.6 is 11.6 Å². The number of aromatic nitrogens is 2. The molecule has 0 fully saturated rings. The van der Waals surface area contributed by atoms with E-state index in [4.69, 9.17) is 21.7 Å². The van der Waals surface area contributed by atoms with Crippen LogP contribution in [-0.2, 0) is 13.6 Å². The number of rotatable bonds is 5. The van der Waals surface area contributed by atoms with Gasteiger partial charge in [0.1, 0.15) is 5.75 Å². The van der Waals surface area contributed by atoms with Crippen LogP contribution in [-0.4, -0.2) is 22.0 Å². The SMILES string of the molecule is COc1cccc(C(=O)Cn2cc(-c3cccc(Cl)c3)n(C)c2=N)c1. The van der Waals surface area contributed by atoms with Crippen molar-refractivity contribution in [3.63, 3.8) is 0 Å². The van der Waals surface area contributed by atoms with Gasteiger partial charge in [-0.3, -0.25) is 10.2 Å². The molecule has 0 unspecified atom stereocenters. The van der Waals surface area contributed by atoms with E-state index in [2.05, 4.69) is 0 Å². The predicted octanol–water partition coefficient (Wildman–Crippen LogP) is 3.52. The summed E-state index contributed by atoms with van der Waals surface area (Å²) in [7, 11) is 3.36. The van der Waals surface area contributed by atoms with Gasteiger partial charge in [-0.05, 0) is 24.3 Å². The molecule has 0 spiro atoms. The van der Waals surface area contributed by atoms with Crippen molar-refractivity contribution in [2.45, 2.75) is 6.54 Å². The van der Waals surface area contributed by atoms with Crippen LogP contribution in [0.1, 0.15) is 10.4 Å². The number of hydrogen-bond donors (Lipinski definition) is 1. The zero-order chi connectivity index (χ0) is 18.0. The first-order chi connectivity index (χ1) is 12.0. The summed E-state index contributed by atoms with van der Waals surface area (Å²) in [5.74, 6) is 0.551. The zero-order valence-corrected chi connectivity index (χ0v) is 14.7. The molecule has 25 heavy (non-hydrogen) atoms. The fraction of sp³-hybridized carbons (Fsp3) is 0.158. The Kier molecular flexibility index (Phi) is 4.76. The van der Waals surface area contributed by atoms with Crippen LogP contribution in [0.25, 0.3) is 11.3 Å². The molecule has 0 amide bonds. The maximum atomic E-state index is 12.6. The van der Waals surface area contributed by atoms with Crippen LogP contribution < -0.4 is 10.4 Å². The van der Waals surface area contributed by atoms with Crippen molar-refractivity contribution in [3.05, 3.63) is 70.9 Å². The summed E-state index contributed by atoms with van der Waals surface area (Å²) in [6, 6.07) is 14.4. The number of Topliss-reactive ketones (excluding diaryl/α,β-unsaturated/α-hetero) is 1. The summed E-state index contributed by atoms with van der Waals surface area (Å²) in [5, 5.41) is 8.90. The highest BCUT2D eigenvalue weighted by molar-refractivity contribution is 6.30. The average Bonchev–Trinajstić information content (AvgIpc) is 2.90. The minimum atomic E-state index is -0.0827. The minimum Gasteiger partial charge on any atom is -0.497 e. The second-order valence-electron chi connectivity index (χ2n) is 5.69. The van der Waals surface area contributed by atoms with Gasteiger partial charge >= 0.3 is 0 Å².